The van der Waals surface area contributed by atoms with Crippen molar-refractivity contribution < 1.29 is 13.9 Å². The van der Waals surface area contributed by atoms with Crippen LogP contribution in [0.4, 0.5) is 4.39 Å². The van der Waals surface area contributed by atoms with Gasteiger partial charge in [0, 0.05) is 42.4 Å². The fraction of sp³-hybridized carbons (Fsp3) is 0.409. The lowest BCUT2D eigenvalue weighted by Gasteiger charge is -2.26. The number of hydrogen-bond acceptors (Lipinski definition) is 3. The van der Waals surface area contributed by atoms with Crippen molar-refractivity contribution in [3.05, 3.63) is 65.0 Å². The number of ether oxygens (including phenoxy) is 1. The molecular formula is C22H25FN2O2. The second kappa shape index (κ2) is 8.09. The highest BCUT2D eigenvalue weighted by Gasteiger charge is 2.25. The predicted molar refractivity (Wildman–Crippen MR) is 102 cm³/mol. The molecule has 4 rings (SSSR count). The monoisotopic (exact) mass is 368 g/mol. The van der Waals surface area contributed by atoms with Gasteiger partial charge in [0.25, 0.3) is 5.91 Å². The van der Waals surface area contributed by atoms with E-state index in [1.165, 1.54) is 31.7 Å². The minimum absolute atomic E-state index is 0.174. The zero-order valence-electron chi connectivity index (χ0n) is 15.4. The molecule has 142 valence electrons. The Balaban J connectivity index is 1.46. The summed E-state index contributed by atoms with van der Waals surface area (Å²) in [4.78, 5) is 15.0. The number of nitrogens with one attached hydrogen (secondary N) is 1. The van der Waals surface area contributed by atoms with Gasteiger partial charge in [0.05, 0.1) is 0 Å². The molecular weight excluding hydrogens is 343 g/mol. The quantitative estimate of drug-likeness (QED) is 0.890. The molecule has 27 heavy (non-hydrogen) atoms. The molecule has 2 aliphatic rings. The molecule has 0 atom stereocenters. The van der Waals surface area contributed by atoms with Crippen molar-refractivity contribution >= 4 is 5.91 Å². The molecule has 1 N–H and O–H groups in total. The maximum absolute atomic E-state index is 13.7. The molecule has 1 aliphatic carbocycles. The van der Waals surface area contributed by atoms with E-state index in [2.05, 4.69) is 10.2 Å². The topological polar surface area (TPSA) is 41.6 Å². The minimum atomic E-state index is -0.305. The average molecular weight is 368 g/mol. The number of nitrogens with zero attached hydrogens (tertiary/aromatic N) is 1. The first-order chi connectivity index (χ1) is 13.2. The molecule has 0 aromatic heterocycles. The molecule has 4 nitrogen and oxygen atoms in total. The Morgan fingerprint density at radius 3 is 2.81 bits per heavy atom. The molecule has 1 amide bonds. The maximum Gasteiger partial charge on any atom is 0.251 e. The molecule has 5 heteroatoms. The van der Waals surface area contributed by atoms with Crippen LogP contribution in [0, 0.1) is 5.82 Å². The highest BCUT2D eigenvalue weighted by Crippen LogP contribution is 2.30. The standard InChI is InChI=1S/C22H25FN2O2/c23-20-8-4-1-5-17(20)14-24-22(26)16-9-10-21-18(13-16)15-25(11-12-27-21)19-6-2-3-7-19/h1,4-5,8-10,13,19H,2-3,6-7,11-12,14-15H2,(H,24,26). The van der Waals surface area contributed by atoms with E-state index in [9.17, 15) is 9.18 Å². The van der Waals surface area contributed by atoms with Crippen LogP contribution < -0.4 is 10.1 Å². The van der Waals surface area contributed by atoms with Crippen molar-refractivity contribution in [1.82, 2.24) is 10.2 Å². The van der Waals surface area contributed by atoms with Gasteiger partial charge in [-0.1, -0.05) is 31.0 Å². The zero-order chi connectivity index (χ0) is 18.6. The third-order valence-electron chi connectivity index (χ3n) is 5.57. The lowest BCUT2D eigenvalue weighted by molar-refractivity contribution is 0.0950. The van der Waals surface area contributed by atoms with Crippen LogP contribution in [0.3, 0.4) is 0 Å². The average Bonchev–Trinajstić information content (AvgIpc) is 3.13. The summed E-state index contributed by atoms with van der Waals surface area (Å²) in [5.41, 5.74) is 2.12. The van der Waals surface area contributed by atoms with Crippen LogP contribution in [0.5, 0.6) is 5.75 Å². The van der Waals surface area contributed by atoms with Crippen molar-refractivity contribution in [2.75, 3.05) is 13.2 Å². The van der Waals surface area contributed by atoms with E-state index in [0.717, 1.165) is 24.4 Å². The van der Waals surface area contributed by atoms with E-state index in [4.69, 9.17) is 4.74 Å². The summed E-state index contributed by atoms with van der Waals surface area (Å²) in [6, 6.07) is 12.7. The van der Waals surface area contributed by atoms with Crippen LogP contribution in [0.2, 0.25) is 0 Å². The summed E-state index contributed by atoms with van der Waals surface area (Å²) in [6.45, 7) is 2.60. The van der Waals surface area contributed by atoms with Gasteiger partial charge >= 0.3 is 0 Å². The molecule has 0 radical (unpaired) electrons. The normalized spacial score (nSPS) is 17.8. The lowest BCUT2D eigenvalue weighted by Crippen LogP contribution is -2.34. The van der Waals surface area contributed by atoms with Crippen molar-refractivity contribution in [1.29, 1.82) is 0 Å². The molecule has 0 unspecified atom stereocenters. The van der Waals surface area contributed by atoms with Crippen LogP contribution in [-0.4, -0.2) is 30.0 Å². The largest absolute Gasteiger partial charge is 0.492 e. The van der Waals surface area contributed by atoms with E-state index in [-0.39, 0.29) is 18.3 Å². The predicted octanol–water partition coefficient (Wildman–Crippen LogP) is 3.89. The van der Waals surface area contributed by atoms with Crippen molar-refractivity contribution in [3.63, 3.8) is 0 Å². The molecule has 1 aliphatic heterocycles. The number of rotatable bonds is 4. The summed E-state index contributed by atoms with van der Waals surface area (Å²) >= 11 is 0. The Hall–Kier alpha value is -2.40. The summed E-state index contributed by atoms with van der Waals surface area (Å²) in [6.07, 6.45) is 5.09. The number of benzene rings is 2. The third kappa shape index (κ3) is 4.14. The Bertz CT molecular complexity index is 818. The van der Waals surface area contributed by atoms with Gasteiger partial charge in [-0.2, -0.15) is 0 Å². The van der Waals surface area contributed by atoms with Crippen LogP contribution >= 0.6 is 0 Å². The molecule has 0 spiro atoms. The van der Waals surface area contributed by atoms with E-state index in [1.807, 2.05) is 12.1 Å². The minimum Gasteiger partial charge on any atom is -0.492 e. The van der Waals surface area contributed by atoms with Gasteiger partial charge in [0.1, 0.15) is 18.2 Å². The molecule has 0 bridgehead atoms. The molecule has 1 heterocycles. The van der Waals surface area contributed by atoms with E-state index in [1.54, 1.807) is 24.3 Å². The molecule has 0 saturated heterocycles. The third-order valence-corrected chi connectivity index (χ3v) is 5.57. The number of carbonyl (C=O) groups excluding carboxylic acids is 1. The Morgan fingerprint density at radius 2 is 2.00 bits per heavy atom. The van der Waals surface area contributed by atoms with Gasteiger partial charge in [-0.3, -0.25) is 9.69 Å². The van der Waals surface area contributed by atoms with Crippen LogP contribution in [0.15, 0.2) is 42.5 Å². The van der Waals surface area contributed by atoms with E-state index < -0.39 is 0 Å². The summed E-state index contributed by atoms with van der Waals surface area (Å²) in [7, 11) is 0. The highest BCUT2D eigenvalue weighted by atomic mass is 19.1. The van der Waals surface area contributed by atoms with Gasteiger partial charge in [-0.25, -0.2) is 4.39 Å². The number of fused-ring (bicyclic) bond motifs is 1. The van der Waals surface area contributed by atoms with Gasteiger partial charge in [0.15, 0.2) is 0 Å². The highest BCUT2D eigenvalue weighted by molar-refractivity contribution is 5.94. The number of carbonyl (C=O) groups is 1. The van der Waals surface area contributed by atoms with Gasteiger partial charge < -0.3 is 10.1 Å². The lowest BCUT2D eigenvalue weighted by atomic mass is 10.1. The van der Waals surface area contributed by atoms with Crippen molar-refractivity contribution in [2.24, 2.45) is 0 Å². The maximum atomic E-state index is 13.7. The van der Waals surface area contributed by atoms with Gasteiger partial charge in [-0.15, -0.1) is 0 Å². The fourth-order valence-electron chi connectivity index (χ4n) is 4.06. The first-order valence-corrected chi connectivity index (χ1v) is 9.72. The molecule has 1 fully saturated rings. The number of hydrogen-bond donors (Lipinski definition) is 1. The van der Waals surface area contributed by atoms with Crippen molar-refractivity contribution in [3.8, 4) is 5.75 Å². The second-order valence-electron chi connectivity index (χ2n) is 7.35. The van der Waals surface area contributed by atoms with Crippen molar-refractivity contribution in [2.45, 2.75) is 44.8 Å². The Kier molecular flexibility index (Phi) is 5.39. The summed E-state index contributed by atoms with van der Waals surface area (Å²) in [5.74, 6) is 0.360. The second-order valence-corrected chi connectivity index (χ2v) is 7.35. The Labute approximate surface area is 159 Å². The number of amides is 1. The first kappa shape index (κ1) is 18.0. The van der Waals surface area contributed by atoms with E-state index >= 15 is 0 Å². The number of halogens is 1. The van der Waals surface area contributed by atoms with Crippen LogP contribution in [-0.2, 0) is 13.1 Å². The summed E-state index contributed by atoms with van der Waals surface area (Å²) in [5, 5.41) is 2.81. The molecule has 2 aromatic carbocycles. The van der Waals surface area contributed by atoms with Crippen LogP contribution in [0.1, 0.15) is 47.2 Å². The van der Waals surface area contributed by atoms with Gasteiger partial charge in [0.2, 0.25) is 0 Å². The SMILES string of the molecule is O=C(NCc1ccccc1F)c1ccc2c(c1)CN(C1CCCC1)CCO2. The summed E-state index contributed by atoms with van der Waals surface area (Å²) < 4.78 is 19.6. The Morgan fingerprint density at radius 1 is 1.19 bits per heavy atom. The molecule has 2 aromatic rings. The zero-order valence-corrected chi connectivity index (χ0v) is 15.4. The van der Waals surface area contributed by atoms with Gasteiger partial charge in [-0.05, 0) is 37.1 Å². The van der Waals surface area contributed by atoms with Crippen LogP contribution in [0.25, 0.3) is 0 Å². The van der Waals surface area contributed by atoms with E-state index in [0.29, 0.717) is 23.8 Å². The fourth-order valence-corrected chi connectivity index (χ4v) is 4.06. The first-order valence-electron chi connectivity index (χ1n) is 9.72. The smallest absolute Gasteiger partial charge is 0.251 e. The molecule has 1 saturated carbocycles.